The molecule has 2 atom stereocenters. The average Bonchev–Trinajstić information content (AvgIpc) is 2.76. The Morgan fingerprint density at radius 2 is 2.12 bits per heavy atom. The number of likely N-dealkylation sites (N-methyl/N-ethyl adjacent to an activating group) is 1. The number of hydrogen-bond donors (Lipinski definition) is 1. The van der Waals surface area contributed by atoms with E-state index in [0.717, 1.165) is 6.54 Å². The third-order valence-electron chi connectivity index (χ3n) is 3.76. The lowest BCUT2D eigenvalue weighted by Gasteiger charge is -2.25. The molecule has 0 spiro atoms. The second kappa shape index (κ2) is 5.03. The number of nitrogens with zero attached hydrogens (tertiary/aromatic N) is 1. The molecule has 1 N–H and O–H groups in total. The van der Waals surface area contributed by atoms with Crippen molar-refractivity contribution in [3.63, 3.8) is 0 Å². The molecular weight excluding hydrogens is 200 g/mol. The Labute approximate surface area is 99.5 Å². The zero-order valence-electron chi connectivity index (χ0n) is 11.0. The Bertz CT molecular complexity index is 224. The van der Waals surface area contributed by atoms with E-state index in [1.54, 1.807) is 0 Å². The zero-order chi connectivity index (χ0) is 11.6. The summed E-state index contributed by atoms with van der Waals surface area (Å²) in [7, 11) is 2.22. The summed E-state index contributed by atoms with van der Waals surface area (Å²) < 4.78 is 6.02. The Morgan fingerprint density at radius 1 is 1.31 bits per heavy atom. The summed E-state index contributed by atoms with van der Waals surface area (Å²) in [6, 6.07) is 0.708. The number of nitrogens with one attached hydrogen (secondary N) is 1. The lowest BCUT2D eigenvalue weighted by molar-refractivity contribution is -0.0264. The van der Waals surface area contributed by atoms with Crippen molar-refractivity contribution >= 4 is 0 Å². The molecule has 2 rings (SSSR count). The Morgan fingerprint density at radius 3 is 2.69 bits per heavy atom. The first kappa shape index (κ1) is 12.3. The third-order valence-corrected chi connectivity index (χ3v) is 3.76. The first-order valence-electron chi connectivity index (χ1n) is 6.65. The van der Waals surface area contributed by atoms with E-state index in [4.69, 9.17) is 4.74 Å². The fourth-order valence-corrected chi connectivity index (χ4v) is 2.92. The zero-order valence-corrected chi connectivity index (χ0v) is 11.0. The van der Waals surface area contributed by atoms with Crippen LogP contribution < -0.4 is 5.32 Å². The standard InChI is InChI=1S/C13H26N2O/c1-13(2)7-6-12(16-13)10-15(3)9-11-5-4-8-14-11/h11-12,14H,4-10H2,1-3H3. The molecule has 0 saturated carbocycles. The van der Waals surface area contributed by atoms with Crippen LogP contribution in [0.3, 0.4) is 0 Å². The van der Waals surface area contributed by atoms with E-state index in [1.807, 2.05) is 0 Å². The van der Waals surface area contributed by atoms with E-state index in [-0.39, 0.29) is 5.60 Å². The maximum atomic E-state index is 6.02. The largest absolute Gasteiger partial charge is 0.371 e. The van der Waals surface area contributed by atoms with Gasteiger partial charge in [-0.15, -0.1) is 0 Å². The van der Waals surface area contributed by atoms with Crippen LogP contribution in [-0.2, 0) is 4.74 Å². The van der Waals surface area contributed by atoms with Crippen LogP contribution in [0.25, 0.3) is 0 Å². The maximum Gasteiger partial charge on any atom is 0.0710 e. The highest BCUT2D eigenvalue weighted by molar-refractivity contribution is 4.83. The van der Waals surface area contributed by atoms with Gasteiger partial charge >= 0.3 is 0 Å². The van der Waals surface area contributed by atoms with Crippen LogP contribution in [0.4, 0.5) is 0 Å². The van der Waals surface area contributed by atoms with Gasteiger partial charge in [-0.2, -0.15) is 0 Å². The molecule has 0 aliphatic carbocycles. The molecule has 2 aliphatic heterocycles. The van der Waals surface area contributed by atoms with Crippen molar-refractivity contribution < 1.29 is 4.74 Å². The molecule has 3 nitrogen and oxygen atoms in total. The van der Waals surface area contributed by atoms with Crippen LogP contribution in [-0.4, -0.2) is 49.3 Å². The molecule has 0 bridgehead atoms. The minimum absolute atomic E-state index is 0.108. The lowest BCUT2D eigenvalue weighted by Crippen LogP contribution is -2.39. The predicted octanol–water partition coefficient (Wildman–Crippen LogP) is 1.63. The molecule has 94 valence electrons. The lowest BCUT2D eigenvalue weighted by atomic mass is 10.1. The Kier molecular flexibility index (Phi) is 3.88. The average molecular weight is 226 g/mol. The van der Waals surface area contributed by atoms with E-state index in [1.165, 1.54) is 38.8 Å². The molecular formula is C13H26N2O. The summed E-state index contributed by atoms with van der Waals surface area (Å²) >= 11 is 0. The summed E-state index contributed by atoms with van der Waals surface area (Å²) in [5, 5.41) is 3.55. The maximum absolute atomic E-state index is 6.02. The SMILES string of the molecule is CN(CC1CCCN1)CC1CCC(C)(C)O1. The topological polar surface area (TPSA) is 24.5 Å². The van der Waals surface area contributed by atoms with E-state index >= 15 is 0 Å². The van der Waals surface area contributed by atoms with Gasteiger partial charge in [0, 0.05) is 19.1 Å². The molecule has 2 aliphatic rings. The first-order valence-corrected chi connectivity index (χ1v) is 6.65. The van der Waals surface area contributed by atoms with Crippen LogP contribution in [0, 0.1) is 0 Å². The Balaban J connectivity index is 1.69. The molecule has 0 aromatic heterocycles. The van der Waals surface area contributed by atoms with Crippen molar-refractivity contribution in [3.05, 3.63) is 0 Å². The summed E-state index contributed by atoms with van der Waals surface area (Å²) in [5.74, 6) is 0. The molecule has 2 heterocycles. The van der Waals surface area contributed by atoms with Crippen LogP contribution >= 0.6 is 0 Å². The van der Waals surface area contributed by atoms with Gasteiger partial charge in [-0.25, -0.2) is 0 Å². The van der Waals surface area contributed by atoms with Gasteiger partial charge in [0.25, 0.3) is 0 Å². The van der Waals surface area contributed by atoms with E-state index in [2.05, 4.69) is 31.1 Å². The van der Waals surface area contributed by atoms with Crippen LogP contribution in [0.5, 0.6) is 0 Å². The normalized spacial score (nSPS) is 33.8. The molecule has 0 radical (unpaired) electrons. The molecule has 0 aromatic carbocycles. The quantitative estimate of drug-likeness (QED) is 0.788. The summed E-state index contributed by atoms with van der Waals surface area (Å²) in [6.07, 6.45) is 5.54. The number of hydrogen-bond acceptors (Lipinski definition) is 3. The van der Waals surface area contributed by atoms with Gasteiger partial charge < -0.3 is 15.0 Å². The summed E-state index contributed by atoms with van der Waals surface area (Å²) in [4.78, 5) is 2.43. The second-order valence-electron chi connectivity index (χ2n) is 6.05. The van der Waals surface area contributed by atoms with Gasteiger partial charge in [0.1, 0.15) is 0 Å². The third kappa shape index (κ3) is 3.44. The second-order valence-corrected chi connectivity index (χ2v) is 6.05. The van der Waals surface area contributed by atoms with Gasteiger partial charge in [0.05, 0.1) is 11.7 Å². The fourth-order valence-electron chi connectivity index (χ4n) is 2.92. The molecule has 2 saturated heterocycles. The van der Waals surface area contributed by atoms with Crippen LogP contribution in [0.15, 0.2) is 0 Å². The van der Waals surface area contributed by atoms with Crippen molar-refractivity contribution in [2.24, 2.45) is 0 Å². The van der Waals surface area contributed by atoms with E-state index < -0.39 is 0 Å². The van der Waals surface area contributed by atoms with Crippen LogP contribution in [0.2, 0.25) is 0 Å². The molecule has 0 aromatic rings. The van der Waals surface area contributed by atoms with Crippen molar-refractivity contribution in [2.45, 2.75) is 57.3 Å². The molecule has 3 heteroatoms. The van der Waals surface area contributed by atoms with Gasteiger partial charge in [-0.3, -0.25) is 0 Å². The minimum Gasteiger partial charge on any atom is -0.371 e. The molecule has 2 fully saturated rings. The summed E-state index contributed by atoms with van der Waals surface area (Å²) in [5.41, 5.74) is 0.108. The predicted molar refractivity (Wildman–Crippen MR) is 66.7 cm³/mol. The van der Waals surface area contributed by atoms with Crippen molar-refractivity contribution in [1.82, 2.24) is 10.2 Å². The van der Waals surface area contributed by atoms with E-state index in [0.29, 0.717) is 12.1 Å². The summed E-state index contributed by atoms with van der Waals surface area (Å²) in [6.45, 7) is 7.85. The van der Waals surface area contributed by atoms with Crippen molar-refractivity contribution in [1.29, 1.82) is 0 Å². The van der Waals surface area contributed by atoms with Crippen molar-refractivity contribution in [3.8, 4) is 0 Å². The molecule has 16 heavy (non-hydrogen) atoms. The monoisotopic (exact) mass is 226 g/mol. The van der Waals surface area contributed by atoms with Gasteiger partial charge in [-0.05, 0) is 53.1 Å². The van der Waals surface area contributed by atoms with Gasteiger partial charge in [-0.1, -0.05) is 0 Å². The minimum atomic E-state index is 0.108. The Hall–Kier alpha value is -0.120. The van der Waals surface area contributed by atoms with Crippen molar-refractivity contribution in [2.75, 3.05) is 26.7 Å². The van der Waals surface area contributed by atoms with Crippen LogP contribution in [0.1, 0.15) is 39.5 Å². The van der Waals surface area contributed by atoms with Gasteiger partial charge in [0.2, 0.25) is 0 Å². The highest BCUT2D eigenvalue weighted by atomic mass is 16.5. The molecule has 0 amide bonds. The fraction of sp³-hybridized carbons (Fsp3) is 1.00. The number of rotatable bonds is 4. The van der Waals surface area contributed by atoms with Gasteiger partial charge in [0.15, 0.2) is 0 Å². The number of ether oxygens (including phenoxy) is 1. The highest BCUT2D eigenvalue weighted by Gasteiger charge is 2.32. The smallest absolute Gasteiger partial charge is 0.0710 e. The first-order chi connectivity index (χ1) is 7.55. The molecule has 2 unspecified atom stereocenters. The highest BCUT2D eigenvalue weighted by Crippen LogP contribution is 2.29. The van der Waals surface area contributed by atoms with E-state index in [9.17, 15) is 0 Å².